The van der Waals surface area contributed by atoms with Crippen LogP contribution in [0.1, 0.15) is 72.1 Å². The smallest absolute Gasteiger partial charge is 0.185 e. The van der Waals surface area contributed by atoms with Crippen LogP contribution < -0.4 is 0 Å². The maximum atomic E-state index is 13.2. The van der Waals surface area contributed by atoms with Crippen LogP contribution in [0, 0.1) is 28.6 Å². The van der Waals surface area contributed by atoms with E-state index in [1.807, 2.05) is 0 Å². The molecule has 1 heterocycles. The molecule has 3 saturated carbocycles. The fourth-order valence-corrected chi connectivity index (χ4v) is 10.2. The van der Waals surface area contributed by atoms with Gasteiger partial charge in [0.25, 0.3) is 0 Å². The summed E-state index contributed by atoms with van der Waals surface area (Å²) in [5, 5.41) is 0. The van der Waals surface area contributed by atoms with Gasteiger partial charge in [-0.25, -0.2) is 0 Å². The molecule has 4 fully saturated rings. The van der Waals surface area contributed by atoms with Gasteiger partial charge >= 0.3 is 0 Å². The third-order valence-electron chi connectivity index (χ3n) is 10.1. The fraction of sp³-hybridized carbons (Fsp3) is 0.885. The molecule has 31 heavy (non-hydrogen) atoms. The van der Waals surface area contributed by atoms with Gasteiger partial charge in [0, 0.05) is 18.3 Å². The molecule has 0 N–H and O–H groups in total. The summed E-state index contributed by atoms with van der Waals surface area (Å²) in [5.74, 6) is 1.88. The Hall–Kier alpha value is -0.493. The van der Waals surface area contributed by atoms with E-state index < -0.39 is 13.9 Å². The van der Waals surface area contributed by atoms with Gasteiger partial charge in [0.15, 0.2) is 19.9 Å². The Bertz CT molecular complexity index is 794. The molecule has 6 atom stereocenters. The van der Waals surface area contributed by atoms with Crippen molar-refractivity contribution in [3.63, 3.8) is 0 Å². The molecule has 0 aromatic heterocycles. The zero-order chi connectivity index (χ0) is 22.3. The lowest BCUT2D eigenvalue weighted by atomic mass is 9.46. The lowest BCUT2D eigenvalue weighted by Crippen LogP contribution is -2.60. The largest absolute Gasteiger partial charge is 0.405 e. The molecule has 3 unspecified atom stereocenters. The lowest BCUT2D eigenvalue weighted by molar-refractivity contribution is -0.187. The number of hydrogen-bond acceptors (Lipinski definition) is 4. The molecule has 5 rings (SSSR count). The number of Topliss-reactive ketones (excluding diaryl/α,β-unsaturated/α-hetero) is 1. The Labute approximate surface area is 189 Å². The number of allylic oxidation sites excluding steroid dienone is 1. The van der Waals surface area contributed by atoms with Gasteiger partial charge in [-0.3, -0.25) is 4.79 Å². The monoisotopic (exact) mass is 446 g/mol. The topological polar surface area (TPSA) is 44.8 Å². The van der Waals surface area contributed by atoms with Gasteiger partial charge < -0.3 is 13.9 Å². The van der Waals surface area contributed by atoms with Gasteiger partial charge in [-0.15, -0.1) is 0 Å². The molecule has 1 saturated heterocycles. The van der Waals surface area contributed by atoms with Crippen LogP contribution >= 0.6 is 0 Å². The molecule has 0 bridgehead atoms. The number of carbonyl (C=O) groups excluding carboxylic acids is 1. The standard InChI is InChI=1S/C26H42O4Si/c1-18(27)26(30-31(4,5)6)12-10-22-20-8-7-19-17-25(28-15-16-29-25)14-13-23(19,2)21(20)9-11-24(22,26)3/h7,20-22H,8-17H2,1-6H3/t20?,21?,22?,23-,24-,26-/m0/s1. The predicted molar refractivity (Wildman–Crippen MR) is 124 cm³/mol. The van der Waals surface area contributed by atoms with E-state index in [0.717, 1.165) is 58.2 Å². The summed E-state index contributed by atoms with van der Waals surface area (Å²) in [7, 11) is -1.85. The minimum atomic E-state index is -1.85. The number of hydrogen-bond donors (Lipinski definition) is 0. The minimum Gasteiger partial charge on any atom is -0.405 e. The average Bonchev–Trinajstić information content (AvgIpc) is 3.25. The summed E-state index contributed by atoms with van der Waals surface area (Å²) in [6.07, 6.45) is 11.2. The van der Waals surface area contributed by atoms with Crippen molar-refractivity contribution < 1.29 is 18.7 Å². The van der Waals surface area contributed by atoms with Crippen LogP contribution in [-0.2, 0) is 18.7 Å². The maximum absolute atomic E-state index is 13.2. The molecule has 0 amide bonds. The number of rotatable bonds is 3. The summed E-state index contributed by atoms with van der Waals surface area (Å²) in [6, 6.07) is 0. The Morgan fingerprint density at radius 3 is 2.35 bits per heavy atom. The second-order valence-electron chi connectivity index (χ2n) is 12.6. The van der Waals surface area contributed by atoms with Crippen molar-refractivity contribution in [2.45, 2.75) is 103 Å². The molecule has 4 nitrogen and oxygen atoms in total. The highest BCUT2D eigenvalue weighted by atomic mass is 28.4. The second-order valence-corrected chi connectivity index (χ2v) is 17.1. The molecule has 174 valence electrons. The SMILES string of the molecule is CC(=O)[C@@]1(O[Si](C)(C)C)CCC2C3CC=C4CC5(CC[C@]4(C)C3CC[C@@]21C)OCCO5. The number of carbonyl (C=O) groups is 1. The van der Waals surface area contributed by atoms with Gasteiger partial charge in [-0.2, -0.15) is 0 Å². The Balaban J connectivity index is 1.46. The van der Waals surface area contributed by atoms with Gasteiger partial charge in [-0.05, 0) is 88.3 Å². The van der Waals surface area contributed by atoms with Crippen LogP contribution in [0.25, 0.3) is 0 Å². The predicted octanol–water partition coefficient (Wildman–Crippen LogP) is 5.87. The summed E-state index contributed by atoms with van der Waals surface area (Å²) >= 11 is 0. The third-order valence-corrected chi connectivity index (χ3v) is 11.1. The molecular weight excluding hydrogens is 404 g/mol. The van der Waals surface area contributed by atoms with E-state index in [0.29, 0.717) is 17.8 Å². The quantitative estimate of drug-likeness (QED) is 0.402. The second kappa shape index (κ2) is 7.01. The highest BCUT2D eigenvalue weighted by Gasteiger charge is 2.67. The van der Waals surface area contributed by atoms with Gasteiger partial charge in [0.1, 0.15) is 5.60 Å². The van der Waals surface area contributed by atoms with E-state index in [1.54, 1.807) is 12.5 Å². The Morgan fingerprint density at radius 1 is 1.03 bits per heavy atom. The zero-order valence-electron chi connectivity index (χ0n) is 20.5. The summed E-state index contributed by atoms with van der Waals surface area (Å²) < 4.78 is 19.0. The van der Waals surface area contributed by atoms with Crippen LogP contribution in [0.4, 0.5) is 0 Å². The first-order chi connectivity index (χ1) is 14.4. The van der Waals surface area contributed by atoms with Crippen molar-refractivity contribution in [2.24, 2.45) is 28.6 Å². The Kier molecular flexibility index (Phi) is 5.04. The number of ketones is 1. The summed E-state index contributed by atoms with van der Waals surface area (Å²) in [6.45, 7) is 14.9. The van der Waals surface area contributed by atoms with Crippen molar-refractivity contribution in [3.05, 3.63) is 11.6 Å². The molecule has 0 radical (unpaired) electrons. The van der Waals surface area contributed by atoms with Gasteiger partial charge in [0.2, 0.25) is 0 Å². The highest BCUT2D eigenvalue weighted by Crippen LogP contribution is 2.69. The first kappa shape index (κ1) is 22.3. The minimum absolute atomic E-state index is 0.0322. The molecule has 1 aliphatic heterocycles. The van der Waals surface area contributed by atoms with Gasteiger partial charge in [-0.1, -0.05) is 25.5 Å². The number of fused-ring (bicyclic) bond motifs is 5. The normalized spacial score (nSPS) is 46.3. The van der Waals surface area contributed by atoms with E-state index >= 15 is 0 Å². The number of ether oxygens (including phenoxy) is 2. The van der Waals surface area contributed by atoms with Crippen LogP contribution in [0.2, 0.25) is 19.6 Å². The van der Waals surface area contributed by atoms with Crippen LogP contribution in [0.15, 0.2) is 11.6 Å². The molecular formula is C26H42O4Si. The average molecular weight is 447 g/mol. The first-order valence-electron chi connectivity index (χ1n) is 12.6. The van der Waals surface area contributed by atoms with Crippen molar-refractivity contribution in [2.75, 3.05) is 13.2 Å². The summed E-state index contributed by atoms with van der Waals surface area (Å²) in [4.78, 5) is 13.2. The lowest BCUT2D eigenvalue weighted by Gasteiger charge is -2.60. The van der Waals surface area contributed by atoms with E-state index in [1.165, 1.54) is 6.42 Å². The molecule has 5 heteroatoms. The molecule has 5 aliphatic rings. The van der Waals surface area contributed by atoms with E-state index in [9.17, 15) is 4.79 Å². The van der Waals surface area contributed by atoms with Crippen LogP contribution in [0.5, 0.6) is 0 Å². The zero-order valence-corrected chi connectivity index (χ0v) is 21.5. The van der Waals surface area contributed by atoms with E-state index in [2.05, 4.69) is 39.6 Å². The van der Waals surface area contributed by atoms with Crippen molar-refractivity contribution in [3.8, 4) is 0 Å². The third kappa shape index (κ3) is 3.13. The molecule has 4 aliphatic carbocycles. The molecule has 0 aromatic rings. The van der Waals surface area contributed by atoms with Crippen LogP contribution in [-0.4, -0.2) is 38.7 Å². The van der Waals surface area contributed by atoms with Crippen molar-refractivity contribution in [1.29, 1.82) is 0 Å². The maximum Gasteiger partial charge on any atom is 0.185 e. The fourth-order valence-electron chi connectivity index (χ4n) is 8.69. The highest BCUT2D eigenvalue weighted by molar-refractivity contribution is 6.70. The summed E-state index contributed by atoms with van der Waals surface area (Å²) in [5.41, 5.74) is 1.24. The van der Waals surface area contributed by atoms with Crippen LogP contribution in [0.3, 0.4) is 0 Å². The van der Waals surface area contributed by atoms with Crippen molar-refractivity contribution >= 4 is 14.1 Å². The van der Waals surface area contributed by atoms with Crippen molar-refractivity contribution in [1.82, 2.24) is 0 Å². The Morgan fingerprint density at radius 2 is 1.71 bits per heavy atom. The van der Waals surface area contributed by atoms with E-state index in [4.69, 9.17) is 13.9 Å². The van der Waals surface area contributed by atoms with E-state index in [-0.39, 0.29) is 22.4 Å². The molecule has 1 spiro atoms. The first-order valence-corrected chi connectivity index (χ1v) is 16.0. The van der Waals surface area contributed by atoms with Gasteiger partial charge in [0.05, 0.1) is 13.2 Å². The molecule has 0 aromatic carbocycles.